The molecule has 1 amide bonds. The average molecular weight is 293 g/mol. The molecular weight excluding hydrogens is 278 g/mol. The number of hydrogen-bond acceptors (Lipinski definition) is 3. The molecule has 6 nitrogen and oxygen atoms in total. The van der Waals surface area contributed by atoms with Gasteiger partial charge in [0, 0.05) is 18.9 Å². The number of anilines is 1. The summed E-state index contributed by atoms with van der Waals surface area (Å²) in [5.74, 6) is -0.313. The predicted molar refractivity (Wildman–Crippen MR) is 75.9 cm³/mol. The number of nitrogens with two attached hydrogens (primary N) is 1. The van der Waals surface area contributed by atoms with Crippen LogP contribution in [0.1, 0.15) is 16.1 Å². The van der Waals surface area contributed by atoms with Gasteiger partial charge in [0.25, 0.3) is 5.91 Å². The molecule has 2 rings (SSSR count). The first-order valence-electron chi connectivity index (χ1n) is 5.86. The van der Waals surface area contributed by atoms with Gasteiger partial charge < -0.3 is 9.88 Å². The van der Waals surface area contributed by atoms with Gasteiger partial charge in [-0.1, -0.05) is 6.07 Å². The van der Waals surface area contributed by atoms with Crippen LogP contribution in [0, 0.1) is 6.92 Å². The number of benzene rings is 1. The SMILES string of the molecule is Cc1c(NC(=O)c2cccn2C)cccc1S(N)(=O)=O. The molecule has 0 spiro atoms. The lowest BCUT2D eigenvalue weighted by Gasteiger charge is -2.11. The lowest BCUT2D eigenvalue weighted by Crippen LogP contribution is -2.18. The van der Waals surface area contributed by atoms with Gasteiger partial charge in [0.05, 0.1) is 4.90 Å². The van der Waals surface area contributed by atoms with Gasteiger partial charge in [-0.25, -0.2) is 13.6 Å². The Bertz CT molecular complexity index is 763. The number of nitrogens with zero attached hydrogens (tertiary/aromatic N) is 1. The van der Waals surface area contributed by atoms with Crippen LogP contribution in [0.15, 0.2) is 41.4 Å². The summed E-state index contributed by atoms with van der Waals surface area (Å²) in [6, 6.07) is 8.00. The van der Waals surface area contributed by atoms with E-state index in [1.165, 1.54) is 12.1 Å². The first kappa shape index (κ1) is 14.3. The predicted octanol–water partition coefficient (Wildman–Crippen LogP) is 1.23. The van der Waals surface area contributed by atoms with Gasteiger partial charge in [-0.2, -0.15) is 0 Å². The fourth-order valence-corrected chi connectivity index (χ4v) is 2.75. The largest absolute Gasteiger partial charge is 0.347 e. The summed E-state index contributed by atoms with van der Waals surface area (Å²) in [5, 5.41) is 7.82. The van der Waals surface area contributed by atoms with Gasteiger partial charge in [0.2, 0.25) is 10.0 Å². The third-order valence-corrected chi connectivity index (χ3v) is 4.07. The Morgan fingerprint density at radius 3 is 2.50 bits per heavy atom. The molecule has 2 aromatic rings. The van der Waals surface area contributed by atoms with Crippen molar-refractivity contribution in [2.24, 2.45) is 12.2 Å². The van der Waals surface area contributed by atoms with Crippen molar-refractivity contribution in [3.05, 3.63) is 47.8 Å². The van der Waals surface area contributed by atoms with E-state index in [2.05, 4.69) is 5.32 Å². The van der Waals surface area contributed by atoms with Gasteiger partial charge in [0.1, 0.15) is 5.69 Å². The highest BCUT2D eigenvalue weighted by Gasteiger charge is 2.16. The van der Waals surface area contributed by atoms with Crippen molar-refractivity contribution in [2.45, 2.75) is 11.8 Å². The summed E-state index contributed by atoms with van der Waals surface area (Å²) in [7, 11) is -2.06. The van der Waals surface area contributed by atoms with Crippen LogP contribution in [0.2, 0.25) is 0 Å². The molecule has 0 radical (unpaired) electrons. The van der Waals surface area contributed by atoms with E-state index in [0.717, 1.165) is 0 Å². The molecule has 7 heteroatoms. The van der Waals surface area contributed by atoms with Gasteiger partial charge in [0.15, 0.2) is 0 Å². The van der Waals surface area contributed by atoms with Crippen molar-refractivity contribution < 1.29 is 13.2 Å². The van der Waals surface area contributed by atoms with Crippen molar-refractivity contribution in [3.8, 4) is 0 Å². The fourth-order valence-electron chi connectivity index (χ4n) is 1.94. The maximum Gasteiger partial charge on any atom is 0.272 e. The van der Waals surface area contributed by atoms with E-state index in [1.54, 1.807) is 42.9 Å². The molecule has 0 aliphatic carbocycles. The van der Waals surface area contributed by atoms with E-state index in [-0.39, 0.29) is 10.8 Å². The second-order valence-corrected chi connectivity index (χ2v) is 5.96. The van der Waals surface area contributed by atoms with E-state index in [4.69, 9.17) is 5.14 Å². The minimum absolute atomic E-state index is 0.00202. The normalized spacial score (nSPS) is 11.3. The number of aromatic nitrogens is 1. The number of sulfonamides is 1. The molecule has 1 heterocycles. The third kappa shape index (κ3) is 2.73. The lowest BCUT2D eigenvalue weighted by atomic mass is 10.2. The average Bonchev–Trinajstić information content (AvgIpc) is 2.76. The summed E-state index contributed by atoms with van der Waals surface area (Å²) in [6.07, 6.45) is 1.75. The monoisotopic (exact) mass is 293 g/mol. The Hall–Kier alpha value is -2.12. The summed E-state index contributed by atoms with van der Waals surface area (Å²) >= 11 is 0. The van der Waals surface area contributed by atoms with Gasteiger partial charge in [-0.15, -0.1) is 0 Å². The molecular formula is C13H15N3O3S. The number of carbonyl (C=O) groups excluding carboxylic acids is 1. The summed E-state index contributed by atoms with van der Waals surface area (Å²) in [6.45, 7) is 1.60. The zero-order valence-corrected chi connectivity index (χ0v) is 11.9. The Morgan fingerprint density at radius 1 is 1.25 bits per heavy atom. The van der Waals surface area contributed by atoms with Gasteiger partial charge in [-0.3, -0.25) is 4.79 Å². The zero-order valence-electron chi connectivity index (χ0n) is 11.1. The van der Waals surface area contributed by atoms with Crippen molar-refractivity contribution in [1.29, 1.82) is 0 Å². The molecule has 0 bridgehead atoms. The van der Waals surface area contributed by atoms with Crippen LogP contribution < -0.4 is 10.5 Å². The molecule has 3 N–H and O–H groups in total. The Balaban J connectivity index is 2.36. The molecule has 1 aromatic carbocycles. The fraction of sp³-hybridized carbons (Fsp3) is 0.154. The molecule has 0 atom stereocenters. The summed E-state index contributed by atoms with van der Waals surface area (Å²) in [5.41, 5.74) is 1.31. The van der Waals surface area contributed by atoms with E-state index in [0.29, 0.717) is 16.9 Å². The zero-order chi connectivity index (χ0) is 14.9. The van der Waals surface area contributed by atoms with Crippen LogP contribution in [-0.2, 0) is 17.1 Å². The second kappa shape index (κ2) is 5.10. The van der Waals surface area contributed by atoms with Crippen LogP contribution in [0.5, 0.6) is 0 Å². The smallest absolute Gasteiger partial charge is 0.272 e. The third-order valence-electron chi connectivity index (χ3n) is 3.02. The number of primary sulfonamides is 1. The molecule has 0 fully saturated rings. The van der Waals surface area contributed by atoms with Crippen molar-refractivity contribution in [2.75, 3.05) is 5.32 Å². The van der Waals surface area contributed by atoms with E-state index in [1.807, 2.05) is 0 Å². The highest BCUT2D eigenvalue weighted by Crippen LogP contribution is 2.22. The molecule has 20 heavy (non-hydrogen) atoms. The first-order valence-corrected chi connectivity index (χ1v) is 7.40. The topological polar surface area (TPSA) is 94.2 Å². The van der Waals surface area contributed by atoms with Crippen LogP contribution in [0.4, 0.5) is 5.69 Å². The summed E-state index contributed by atoms with van der Waals surface area (Å²) in [4.78, 5) is 12.1. The minimum atomic E-state index is -3.81. The van der Waals surface area contributed by atoms with Gasteiger partial charge in [-0.05, 0) is 36.8 Å². The minimum Gasteiger partial charge on any atom is -0.347 e. The van der Waals surface area contributed by atoms with E-state index in [9.17, 15) is 13.2 Å². The van der Waals surface area contributed by atoms with Crippen LogP contribution in [0.3, 0.4) is 0 Å². The maximum atomic E-state index is 12.1. The number of hydrogen-bond donors (Lipinski definition) is 2. The van der Waals surface area contributed by atoms with Gasteiger partial charge >= 0.3 is 0 Å². The molecule has 0 aliphatic rings. The first-order chi connectivity index (χ1) is 9.30. The lowest BCUT2D eigenvalue weighted by molar-refractivity contribution is 0.101. The standard InChI is InChI=1S/C13H15N3O3S/c1-9-10(5-3-7-12(9)20(14,18)19)15-13(17)11-6-4-8-16(11)2/h3-8H,1-2H3,(H,15,17)(H2,14,18,19). The molecule has 0 aliphatic heterocycles. The highest BCUT2D eigenvalue weighted by molar-refractivity contribution is 7.89. The van der Waals surface area contributed by atoms with Crippen molar-refractivity contribution in [1.82, 2.24) is 4.57 Å². The van der Waals surface area contributed by atoms with E-state index < -0.39 is 10.0 Å². The van der Waals surface area contributed by atoms with Crippen LogP contribution >= 0.6 is 0 Å². The molecule has 0 saturated heterocycles. The molecule has 1 aromatic heterocycles. The number of aryl methyl sites for hydroxylation is 1. The summed E-state index contributed by atoms with van der Waals surface area (Å²) < 4.78 is 24.5. The Morgan fingerprint density at radius 2 is 1.95 bits per heavy atom. The molecule has 0 saturated carbocycles. The van der Waals surface area contributed by atoms with Crippen LogP contribution in [-0.4, -0.2) is 18.9 Å². The highest BCUT2D eigenvalue weighted by atomic mass is 32.2. The van der Waals surface area contributed by atoms with Crippen LogP contribution in [0.25, 0.3) is 0 Å². The molecule has 0 unspecified atom stereocenters. The van der Waals surface area contributed by atoms with Crippen molar-refractivity contribution >= 4 is 21.6 Å². The number of nitrogens with one attached hydrogen (secondary N) is 1. The molecule has 106 valence electrons. The second-order valence-electron chi connectivity index (χ2n) is 4.43. The maximum absolute atomic E-state index is 12.1. The number of carbonyl (C=O) groups is 1. The number of rotatable bonds is 3. The Kier molecular flexibility index (Phi) is 3.65. The Labute approximate surface area is 117 Å². The van der Waals surface area contributed by atoms with E-state index >= 15 is 0 Å². The van der Waals surface area contributed by atoms with Crippen molar-refractivity contribution in [3.63, 3.8) is 0 Å². The quantitative estimate of drug-likeness (QED) is 0.891. The number of amides is 1.